The van der Waals surface area contributed by atoms with Crippen molar-refractivity contribution in [1.29, 1.82) is 0 Å². The summed E-state index contributed by atoms with van der Waals surface area (Å²) in [4.78, 5) is 11.8. The van der Waals surface area contributed by atoms with Crippen LogP contribution in [0.15, 0.2) is 30.3 Å². The number of carbonyl (C=O) groups excluding carboxylic acids is 1. The molecule has 0 aromatic heterocycles. The molecule has 0 N–H and O–H groups in total. The lowest BCUT2D eigenvalue weighted by molar-refractivity contribution is -0.156. The van der Waals surface area contributed by atoms with Crippen LogP contribution in [0.5, 0.6) is 5.75 Å². The quantitative estimate of drug-likeness (QED) is 0.754. The smallest absolute Gasteiger partial charge is 0.347 e. The molecule has 0 spiro atoms. The molecule has 0 saturated heterocycles. The van der Waals surface area contributed by atoms with Gasteiger partial charge >= 0.3 is 5.97 Å². The van der Waals surface area contributed by atoms with E-state index < -0.39 is 6.10 Å². The van der Waals surface area contributed by atoms with E-state index in [2.05, 4.69) is 0 Å². The van der Waals surface area contributed by atoms with Crippen molar-refractivity contribution >= 4 is 5.97 Å². The monoisotopic (exact) mass is 236 g/mol. The van der Waals surface area contributed by atoms with Crippen LogP contribution >= 0.6 is 0 Å². The standard InChI is InChI=1S/C14H20O3/c1-5-16-13(15)12(14(2,3)4)17-11-9-7-6-8-10-11/h6-10,12H,5H2,1-4H3. The average Bonchev–Trinajstić information content (AvgIpc) is 2.26. The van der Waals surface area contributed by atoms with Crippen molar-refractivity contribution in [1.82, 2.24) is 0 Å². The Morgan fingerprint density at radius 3 is 2.29 bits per heavy atom. The molecule has 94 valence electrons. The third-order valence-electron chi connectivity index (χ3n) is 2.28. The summed E-state index contributed by atoms with van der Waals surface area (Å²) in [6.07, 6.45) is -0.593. The van der Waals surface area contributed by atoms with Crippen LogP contribution < -0.4 is 4.74 Å². The van der Waals surface area contributed by atoms with Crippen LogP contribution in [0, 0.1) is 5.41 Å². The fourth-order valence-electron chi connectivity index (χ4n) is 1.43. The minimum atomic E-state index is -0.593. The largest absolute Gasteiger partial charge is 0.478 e. The zero-order valence-electron chi connectivity index (χ0n) is 10.9. The second-order valence-electron chi connectivity index (χ2n) is 4.93. The molecule has 1 rings (SSSR count). The molecule has 0 radical (unpaired) electrons. The predicted molar refractivity (Wildman–Crippen MR) is 66.9 cm³/mol. The highest BCUT2D eigenvalue weighted by Crippen LogP contribution is 2.25. The van der Waals surface area contributed by atoms with Gasteiger partial charge in [0, 0.05) is 5.41 Å². The number of esters is 1. The molecule has 0 heterocycles. The summed E-state index contributed by atoms with van der Waals surface area (Å²) in [5.74, 6) is 0.365. The van der Waals surface area contributed by atoms with E-state index in [9.17, 15) is 4.79 Å². The lowest BCUT2D eigenvalue weighted by Crippen LogP contribution is -2.40. The molecule has 1 aromatic rings. The molecule has 0 saturated carbocycles. The van der Waals surface area contributed by atoms with Crippen LogP contribution in [0.25, 0.3) is 0 Å². The Balaban J connectivity index is 2.82. The Hall–Kier alpha value is -1.51. The second-order valence-corrected chi connectivity index (χ2v) is 4.93. The average molecular weight is 236 g/mol. The van der Waals surface area contributed by atoms with Gasteiger partial charge in [-0.2, -0.15) is 0 Å². The number of para-hydroxylation sites is 1. The number of carbonyl (C=O) groups is 1. The van der Waals surface area contributed by atoms with E-state index in [4.69, 9.17) is 9.47 Å². The predicted octanol–water partition coefficient (Wildman–Crippen LogP) is 3.04. The zero-order chi connectivity index (χ0) is 12.9. The van der Waals surface area contributed by atoms with Gasteiger partial charge in [-0.15, -0.1) is 0 Å². The lowest BCUT2D eigenvalue weighted by atomic mass is 9.89. The van der Waals surface area contributed by atoms with Crippen molar-refractivity contribution in [3.05, 3.63) is 30.3 Å². The molecule has 0 aliphatic carbocycles. The van der Waals surface area contributed by atoms with Crippen LogP contribution in [0.3, 0.4) is 0 Å². The van der Waals surface area contributed by atoms with Gasteiger partial charge < -0.3 is 9.47 Å². The fraction of sp³-hybridized carbons (Fsp3) is 0.500. The van der Waals surface area contributed by atoms with Crippen LogP contribution in [0.1, 0.15) is 27.7 Å². The van der Waals surface area contributed by atoms with Crippen molar-refractivity contribution in [2.24, 2.45) is 5.41 Å². The molecule has 0 aliphatic rings. The van der Waals surface area contributed by atoms with Crippen LogP contribution in [-0.2, 0) is 9.53 Å². The van der Waals surface area contributed by atoms with E-state index in [1.807, 2.05) is 51.1 Å². The highest BCUT2D eigenvalue weighted by Gasteiger charge is 2.34. The number of rotatable bonds is 4. The SMILES string of the molecule is CCOC(=O)C(Oc1ccccc1)C(C)(C)C. The van der Waals surface area contributed by atoms with Gasteiger partial charge in [0.2, 0.25) is 6.10 Å². The van der Waals surface area contributed by atoms with E-state index in [1.54, 1.807) is 6.92 Å². The molecule has 3 heteroatoms. The summed E-state index contributed by atoms with van der Waals surface area (Å²) >= 11 is 0. The molecule has 3 nitrogen and oxygen atoms in total. The molecule has 17 heavy (non-hydrogen) atoms. The first-order valence-corrected chi connectivity index (χ1v) is 5.83. The minimum Gasteiger partial charge on any atom is -0.478 e. The van der Waals surface area contributed by atoms with Gasteiger partial charge in [0.15, 0.2) is 0 Å². The maximum atomic E-state index is 11.8. The molecule has 0 aliphatic heterocycles. The zero-order valence-corrected chi connectivity index (χ0v) is 10.9. The normalized spacial score (nSPS) is 12.9. The molecule has 1 unspecified atom stereocenters. The van der Waals surface area contributed by atoms with E-state index in [0.717, 1.165) is 0 Å². The van der Waals surface area contributed by atoms with Gasteiger partial charge in [0.05, 0.1) is 6.61 Å². The third kappa shape index (κ3) is 4.10. The van der Waals surface area contributed by atoms with Crippen LogP contribution in [0.4, 0.5) is 0 Å². The highest BCUT2D eigenvalue weighted by atomic mass is 16.6. The van der Waals surface area contributed by atoms with Crippen molar-refractivity contribution in [3.8, 4) is 5.75 Å². The molecule has 0 fully saturated rings. The van der Waals surface area contributed by atoms with Gasteiger partial charge in [0.1, 0.15) is 5.75 Å². The molecule has 1 aromatic carbocycles. The van der Waals surface area contributed by atoms with Gasteiger partial charge in [-0.25, -0.2) is 4.79 Å². The van der Waals surface area contributed by atoms with Crippen molar-refractivity contribution in [2.45, 2.75) is 33.8 Å². The Kier molecular flexibility index (Phi) is 4.55. The summed E-state index contributed by atoms with van der Waals surface area (Å²) in [6.45, 7) is 8.02. The molecule has 0 amide bonds. The maximum Gasteiger partial charge on any atom is 0.347 e. The van der Waals surface area contributed by atoms with Crippen LogP contribution in [0.2, 0.25) is 0 Å². The Morgan fingerprint density at radius 1 is 1.24 bits per heavy atom. The van der Waals surface area contributed by atoms with Gasteiger partial charge in [-0.1, -0.05) is 39.0 Å². The van der Waals surface area contributed by atoms with Crippen molar-refractivity contribution < 1.29 is 14.3 Å². The Morgan fingerprint density at radius 2 is 1.82 bits per heavy atom. The highest BCUT2D eigenvalue weighted by molar-refractivity contribution is 5.76. The number of hydrogen-bond acceptors (Lipinski definition) is 3. The maximum absolute atomic E-state index is 11.8. The molecular formula is C14H20O3. The van der Waals surface area contributed by atoms with Crippen molar-refractivity contribution in [2.75, 3.05) is 6.61 Å². The van der Waals surface area contributed by atoms with E-state index in [1.165, 1.54) is 0 Å². The van der Waals surface area contributed by atoms with Gasteiger partial charge in [0.25, 0.3) is 0 Å². The summed E-state index contributed by atoms with van der Waals surface area (Å²) in [5.41, 5.74) is -0.303. The topological polar surface area (TPSA) is 35.5 Å². The van der Waals surface area contributed by atoms with E-state index in [-0.39, 0.29) is 11.4 Å². The molecule has 0 bridgehead atoms. The van der Waals surface area contributed by atoms with E-state index >= 15 is 0 Å². The molecular weight excluding hydrogens is 216 g/mol. The fourth-order valence-corrected chi connectivity index (χ4v) is 1.43. The Bertz CT molecular complexity index is 351. The minimum absolute atomic E-state index is 0.303. The summed E-state index contributed by atoms with van der Waals surface area (Å²) in [7, 11) is 0. The van der Waals surface area contributed by atoms with Gasteiger partial charge in [-0.05, 0) is 19.1 Å². The summed E-state index contributed by atoms with van der Waals surface area (Å²) < 4.78 is 10.8. The summed E-state index contributed by atoms with van der Waals surface area (Å²) in [5, 5.41) is 0. The second kappa shape index (κ2) is 5.71. The number of ether oxygens (including phenoxy) is 2. The van der Waals surface area contributed by atoms with E-state index in [0.29, 0.717) is 12.4 Å². The first-order chi connectivity index (χ1) is 7.95. The Labute approximate surface area is 103 Å². The summed E-state index contributed by atoms with van der Waals surface area (Å²) in [6, 6.07) is 9.32. The molecule has 1 atom stereocenters. The van der Waals surface area contributed by atoms with Crippen molar-refractivity contribution in [3.63, 3.8) is 0 Å². The first kappa shape index (κ1) is 13.6. The number of hydrogen-bond donors (Lipinski definition) is 0. The number of benzene rings is 1. The van der Waals surface area contributed by atoms with Crippen LogP contribution in [-0.4, -0.2) is 18.7 Å². The van der Waals surface area contributed by atoms with Gasteiger partial charge in [-0.3, -0.25) is 0 Å². The third-order valence-corrected chi connectivity index (χ3v) is 2.28. The lowest BCUT2D eigenvalue weighted by Gasteiger charge is -2.29. The first-order valence-electron chi connectivity index (χ1n) is 5.83.